The van der Waals surface area contributed by atoms with E-state index in [0.29, 0.717) is 12.2 Å². The van der Waals surface area contributed by atoms with Gasteiger partial charge in [-0.3, -0.25) is 4.79 Å². The number of Topliss-reactive ketones (excluding diaryl/α,β-unsaturated/α-hetero) is 1. The SMILES string of the molecule is O=C(C1=NC2(CCNCC2)CO1)c1ccccc1. The van der Waals surface area contributed by atoms with E-state index in [4.69, 9.17) is 4.74 Å². The molecule has 1 saturated heterocycles. The fraction of sp³-hybridized carbons (Fsp3) is 0.429. The van der Waals surface area contributed by atoms with E-state index in [1.807, 2.05) is 18.2 Å². The molecule has 4 nitrogen and oxygen atoms in total. The van der Waals surface area contributed by atoms with E-state index < -0.39 is 0 Å². The molecule has 0 saturated carbocycles. The first-order valence-electron chi connectivity index (χ1n) is 6.32. The number of nitrogens with one attached hydrogen (secondary N) is 1. The van der Waals surface area contributed by atoms with Gasteiger partial charge in [-0.05, 0) is 25.9 Å². The van der Waals surface area contributed by atoms with Gasteiger partial charge in [0.2, 0.25) is 5.78 Å². The number of hydrogen-bond acceptors (Lipinski definition) is 4. The predicted molar refractivity (Wildman–Crippen MR) is 69.0 cm³/mol. The van der Waals surface area contributed by atoms with E-state index in [2.05, 4.69) is 10.3 Å². The maximum atomic E-state index is 12.2. The summed E-state index contributed by atoms with van der Waals surface area (Å²) in [4.78, 5) is 16.8. The summed E-state index contributed by atoms with van der Waals surface area (Å²) in [6.45, 7) is 2.43. The van der Waals surface area contributed by atoms with Crippen molar-refractivity contribution in [2.24, 2.45) is 4.99 Å². The van der Waals surface area contributed by atoms with Crippen molar-refractivity contribution < 1.29 is 9.53 Å². The van der Waals surface area contributed by atoms with Crippen molar-refractivity contribution in [1.82, 2.24) is 5.32 Å². The molecule has 1 aromatic rings. The number of rotatable bonds is 2. The summed E-state index contributed by atoms with van der Waals surface area (Å²) in [5.41, 5.74) is 0.479. The molecule has 3 rings (SSSR count). The number of aliphatic imine (C=N–C) groups is 1. The molecule has 0 bridgehead atoms. The highest BCUT2D eigenvalue weighted by Crippen LogP contribution is 2.29. The van der Waals surface area contributed by atoms with Gasteiger partial charge < -0.3 is 10.1 Å². The third kappa shape index (κ3) is 2.04. The van der Waals surface area contributed by atoms with Crippen molar-refractivity contribution in [3.8, 4) is 0 Å². The zero-order valence-electron chi connectivity index (χ0n) is 10.2. The van der Waals surface area contributed by atoms with Crippen LogP contribution in [0.3, 0.4) is 0 Å². The molecule has 94 valence electrons. The smallest absolute Gasteiger partial charge is 0.259 e. The Morgan fingerprint density at radius 3 is 2.67 bits per heavy atom. The summed E-state index contributed by atoms with van der Waals surface area (Å²) >= 11 is 0. The van der Waals surface area contributed by atoms with Crippen LogP contribution >= 0.6 is 0 Å². The van der Waals surface area contributed by atoms with Crippen LogP contribution in [0.5, 0.6) is 0 Å². The predicted octanol–water partition coefficient (Wildman–Crippen LogP) is 1.42. The molecule has 0 aromatic heterocycles. The van der Waals surface area contributed by atoms with E-state index >= 15 is 0 Å². The monoisotopic (exact) mass is 244 g/mol. The highest BCUT2D eigenvalue weighted by Gasteiger charge is 2.39. The van der Waals surface area contributed by atoms with E-state index in [1.54, 1.807) is 12.1 Å². The quantitative estimate of drug-likeness (QED) is 0.800. The van der Waals surface area contributed by atoms with Gasteiger partial charge >= 0.3 is 0 Å². The number of ether oxygens (including phenoxy) is 1. The van der Waals surface area contributed by atoms with Gasteiger partial charge in [-0.25, -0.2) is 4.99 Å². The van der Waals surface area contributed by atoms with E-state index in [9.17, 15) is 4.79 Å². The first-order valence-corrected chi connectivity index (χ1v) is 6.32. The Hall–Kier alpha value is -1.68. The number of carbonyl (C=O) groups excluding carboxylic acids is 1. The van der Waals surface area contributed by atoms with Gasteiger partial charge in [0, 0.05) is 5.56 Å². The third-order valence-electron chi connectivity index (χ3n) is 3.58. The maximum Gasteiger partial charge on any atom is 0.259 e. The van der Waals surface area contributed by atoms with Gasteiger partial charge in [0.15, 0.2) is 0 Å². The minimum absolute atomic E-state index is 0.106. The van der Waals surface area contributed by atoms with Crippen LogP contribution in [-0.4, -0.2) is 36.9 Å². The molecule has 0 atom stereocenters. The Labute approximate surface area is 106 Å². The fourth-order valence-corrected chi connectivity index (χ4v) is 2.46. The minimum Gasteiger partial charge on any atom is -0.473 e. The van der Waals surface area contributed by atoms with Crippen LogP contribution < -0.4 is 5.32 Å². The topological polar surface area (TPSA) is 50.7 Å². The number of piperidine rings is 1. The summed E-state index contributed by atoms with van der Waals surface area (Å²) in [7, 11) is 0. The first kappa shape index (κ1) is 11.4. The Balaban J connectivity index is 1.81. The molecule has 1 spiro atoms. The van der Waals surface area contributed by atoms with Crippen molar-refractivity contribution >= 4 is 11.7 Å². The molecule has 1 aromatic carbocycles. The Morgan fingerprint density at radius 1 is 1.22 bits per heavy atom. The lowest BCUT2D eigenvalue weighted by atomic mass is 9.90. The van der Waals surface area contributed by atoms with Gasteiger partial charge in [-0.2, -0.15) is 0 Å². The average molecular weight is 244 g/mol. The van der Waals surface area contributed by atoms with Crippen LogP contribution in [0.2, 0.25) is 0 Å². The standard InChI is InChI=1S/C14H16N2O2/c17-12(11-4-2-1-3-5-11)13-16-14(10-18-13)6-8-15-9-7-14/h1-5,15H,6-10H2. The molecule has 1 fully saturated rings. The van der Waals surface area contributed by atoms with E-state index in [1.165, 1.54) is 0 Å². The van der Waals surface area contributed by atoms with Crippen LogP contribution in [0.1, 0.15) is 23.2 Å². The Morgan fingerprint density at radius 2 is 1.94 bits per heavy atom. The molecule has 0 unspecified atom stereocenters. The van der Waals surface area contributed by atoms with Crippen LogP contribution in [-0.2, 0) is 4.74 Å². The normalized spacial score (nSPS) is 21.4. The van der Waals surface area contributed by atoms with Crippen molar-refractivity contribution in [3.63, 3.8) is 0 Å². The number of hydrogen-bond donors (Lipinski definition) is 1. The number of benzene rings is 1. The molecule has 0 amide bonds. The second-order valence-electron chi connectivity index (χ2n) is 4.88. The van der Waals surface area contributed by atoms with Gasteiger partial charge in [0.05, 0.1) is 0 Å². The first-order chi connectivity index (χ1) is 8.79. The lowest BCUT2D eigenvalue weighted by molar-refractivity contribution is 0.103. The van der Waals surface area contributed by atoms with Gasteiger partial charge in [0.25, 0.3) is 5.90 Å². The molecule has 2 aliphatic rings. The Bertz CT molecular complexity index is 476. The van der Waals surface area contributed by atoms with Crippen LogP contribution in [0.4, 0.5) is 0 Å². The van der Waals surface area contributed by atoms with Gasteiger partial charge in [-0.15, -0.1) is 0 Å². The maximum absolute atomic E-state index is 12.2. The van der Waals surface area contributed by atoms with Gasteiger partial charge in [0.1, 0.15) is 12.1 Å². The van der Waals surface area contributed by atoms with Crippen molar-refractivity contribution in [1.29, 1.82) is 0 Å². The molecular formula is C14H16N2O2. The van der Waals surface area contributed by atoms with Crippen molar-refractivity contribution in [2.75, 3.05) is 19.7 Å². The zero-order valence-corrected chi connectivity index (χ0v) is 10.2. The van der Waals surface area contributed by atoms with Crippen LogP contribution in [0.15, 0.2) is 35.3 Å². The molecule has 1 N–H and O–H groups in total. The molecule has 0 radical (unpaired) electrons. The molecule has 18 heavy (non-hydrogen) atoms. The highest BCUT2D eigenvalue weighted by atomic mass is 16.5. The van der Waals surface area contributed by atoms with Crippen molar-refractivity contribution in [2.45, 2.75) is 18.4 Å². The van der Waals surface area contributed by atoms with Crippen LogP contribution in [0.25, 0.3) is 0 Å². The van der Waals surface area contributed by atoms with Crippen LogP contribution in [0, 0.1) is 0 Å². The van der Waals surface area contributed by atoms with E-state index in [-0.39, 0.29) is 17.2 Å². The van der Waals surface area contributed by atoms with Crippen molar-refractivity contribution in [3.05, 3.63) is 35.9 Å². The zero-order chi connectivity index (χ0) is 12.4. The molecular weight excluding hydrogens is 228 g/mol. The number of nitrogens with zero attached hydrogens (tertiary/aromatic N) is 1. The molecule has 2 aliphatic heterocycles. The van der Waals surface area contributed by atoms with E-state index in [0.717, 1.165) is 25.9 Å². The summed E-state index contributed by atoms with van der Waals surface area (Å²) in [6.07, 6.45) is 1.89. The third-order valence-corrected chi connectivity index (χ3v) is 3.58. The molecule has 2 heterocycles. The summed E-state index contributed by atoms with van der Waals surface area (Å²) in [5, 5.41) is 3.30. The second kappa shape index (κ2) is 4.53. The largest absolute Gasteiger partial charge is 0.473 e. The second-order valence-corrected chi connectivity index (χ2v) is 4.88. The molecule has 4 heteroatoms. The lowest BCUT2D eigenvalue weighted by Gasteiger charge is -2.28. The average Bonchev–Trinajstić information content (AvgIpc) is 2.83. The highest BCUT2D eigenvalue weighted by molar-refractivity contribution is 6.43. The Kier molecular flexibility index (Phi) is 2.88. The summed E-state index contributed by atoms with van der Waals surface area (Å²) in [6, 6.07) is 9.18. The number of carbonyl (C=O) groups is 1. The lowest BCUT2D eigenvalue weighted by Crippen LogP contribution is -2.41. The van der Waals surface area contributed by atoms with Gasteiger partial charge in [-0.1, -0.05) is 30.3 Å². The number of ketones is 1. The summed E-state index contributed by atoms with van der Waals surface area (Å²) in [5.74, 6) is 0.175. The summed E-state index contributed by atoms with van der Waals surface area (Å²) < 4.78 is 5.54. The minimum atomic E-state index is -0.162. The fourth-order valence-electron chi connectivity index (χ4n) is 2.46. The molecule has 0 aliphatic carbocycles.